The van der Waals surface area contributed by atoms with Crippen LogP contribution >= 0.6 is 0 Å². The number of nitrogens with zero attached hydrogens (tertiary/aromatic N) is 2. The Morgan fingerprint density at radius 3 is 1.18 bits per heavy atom. The van der Waals surface area contributed by atoms with Crippen molar-refractivity contribution < 1.29 is 0 Å². The summed E-state index contributed by atoms with van der Waals surface area (Å²) >= 11 is 0. The first-order chi connectivity index (χ1) is 21.7. The Hall–Kier alpha value is -5.86. The molecule has 0 aliphatic carbocycles. The molecule has 6 aromatic carbocycles. The smallest absolute Gasteiger partial charge is 0.0700 e. The van der Waals surface area contributed by atoms with E-state index in [2.05, 4.69) is 192 Å². The average Bonchev–Trinajstić information content (AvgIpc) is 3.26. The molecule has 0 N–H and O–H groups in total. The number of hydrogen-bond acceptors (Lipinski definition) is 2. The summed E-state index contributed by atoms with van der Waals surface area (Å²) < 4.78 is 0. The molecular formula is C42H32N2. The van der Waals surface area contributed by atoms with Gasteiger partial charge in [0, 0.05) is 28.8 Å². The van der Waals surface area contributed by atoms with Crippen molar-refractivity contribution in [1.29, 1.82) is 0 Å². The van der Waals surface area contributed by atoms with Crippen LogP contribution in [-0.4, -0.2) is 0 Å². The van der Waals surface area contributed by atoms with Crippen LogP contribution in [0.25, 0.3) is 33.6 Å². The highest BCUT2D eigenvalue weighted by Gasteiger charge is 2.25. The summed E-state index contributed by atoms with van der Waals surface area (Å²) in [5.74, 6) is 0. The van der Waals surface area contributed by atoms with Crippen molar-refractivity contribution in [3.8, 4) is 22.3 Å². The van der Waals surface area contributed by atoms with E-state index < -0.39 is 0 Å². The van der Waals surface area contributed by atoms with E-state index in [1.54, 1.807) is 0 Å². The molecule has 0 amide bonds. The standard InChI is InChI=1S/C42H32N2/c1-32-30-41(37-26-22-35(23-27-37)33-14-6-2-7-15-33)43(39-18-10-4-11-19-39)31-42(44(32)40-20-12-5-13-21-40)38-28-24-36(25-29-38)34-16-8-3-9-17-34/h2-31H,1H2. The lowest BCUT2D eigenvalue weighted by molar-refractivity contribution is 1.23. The molecule has 2 nitrogen and oxygen atoms in total. The Labute approximate surface area is 259 Å². The maximum atomic E-state index is 4.62. The molecule has 1 aliphatic rings. The van der Waals surface area contributed by atoms with Gasteiger partial charge in [0.05, 0.1) is 11.4 Å². The molecule has 0 radical (unpaired) electrons. The molecule has 2 heteroatoms. The van der Waals surface area contributed by atoms with E-state index in [-0.39, 0.29) is 0 Å². The third-order valence-electron chi connectivity index (χ3n) is 7.97. The molecular weight excluding hydrogens is 532 g/mol. The summed E-state index contributed by atoms with van der Waals surface area (Å²) in [7, 11) is 0. The monoisotopic (exact) mass is 564 g/mol. The lowest BCUT2D eigenvalue weighted by atomic mass is 10.0. The van der Waals surface area contributed by atoms with Gasteiger partial charge in [0.2, 0.25) is 0 Å². The second-order valence-electron chi connectivity index (χ2n) is 10.8. The van der Waals surface area contributed by atoms with E-state index in [0.29, 0.717) is 0 Å². The molecule has 0 bridgehead atoms. The Bertz CT molecular complexity index is 1920. The lowest BCUT2D eigenvalue weighted by Gasteiger charge is -2.28. The van der Waals surface area contributed by atoms with Gasteiger partial charge in [-0.2, -0.15) is 0 Å². The predicted molar refractivity (Wildman–Crippen MR) is 187 cm³/mol. The topological polar surface area (TPSA) is 6.48 Å². The Morgan fingerprint density at radius 2 is 0.705 bits per heavy atom. The van der Waals surface area contributed by atoms with Crippen molar-refractivity contribution in [1.82, 2.24) is 0 Å². The maximum Gasteiger partial charge on any atom is 0.0700 e. The predicted octanol–water partition coefficient (Wildman–Crippen LogP) is 10.9. The average molecular weight is 565 g/mol. The SMILES string of the molecule is C=C1C=C(c2ccc(-c3ccccc3)cc2)N(c2ccccc2)C=C(c2ccc(-c3ccccc3)cc2)N1c1ccccc1. The number of benzene rings is 6. The highest BCUT2D eigenvalue weighted by molar-refractivity contribution is 5.94. The third-order valence-corrected chi connectivity index (χ3v) is 7.97. The first kappa shape index (κ1) is 27.0. The minimum Gasteiger partial charge on any atom is -0.314 e. The Kier molecular flexibility index (Phi) is 7.47. The van der Waals surface area contributed by atoms with Crippen LogP contribution in [0.2, 0.25) is 0 Å². The van der Waals surface area contributed by atoms with Crippen LogP contribution in [-0.2, 0) is 0 Å². The fourth-order valence-corrected chi connectivity index (χ4v) is 5.73. The van der Waals surface area contributed by atoms with Gasteiger partial charge in [-0.3, -0.25) is 0 Å². The molecule has 0 aromatic heterocycles. The van der Waals surface area contributed by atoms with Gasteiger partial charge in [0.15, 0.2) is 0 Å². The largest absolute Gasteiger partial charge is 0.314 e. The molecule has 0 unspecified atom stereocenters. The van der Waals surface area contributed by atoms with E-state index in [1.165, 1.54) is 22.3 Å². The molecule has 0 atom stereocenters. The van der Waals surface area contributed by atoms with Crippen LogP contribution in [0.3, 0.4) is 0 Å². The lowest BCUT2D eigenvalue weighted by Crippen LogP contribution is -2.20. The Morgan fingerprint density at radius 1 is 0.341 bits per heavy atom. The maximum absolute atomic E-state index is 4.62. The van der Waals surface area contributed by atoms with Gasteiger partial charge in [-0.15, -0.1) is 0 Å². The fourth-order valence-electron chi connectivity index (χ4n) is 5.73. The summed E-state index contributed by atoms with van der Waals surface area (Å²) in [4.78, 5) is 4.53. The second-order valence-corrected chi connectivity index (χ2v) is 10.8. The van der Waals surface area contributed by atoms with Crippen molar-refractivity contribution in [2.24, 2.45) is 0 Å². The zero-order valence-electron chi connectivity index (χ0n) is 24.4. The van der Waals surface area contributed by atoms with E-state index in [0.717, 1.165) is 39.6 Å². The van der Waals surface area contributed by atoms with Gasteiger partial charge in [-0.25, -0.2) is 0 Å². The summed E-state index contributed by atoms with van der Waals surface area (Å²) in [6.45, 7) is 4.62. The molecule has 0 saturated carbocycles. The van der Waals surface area contributed by atoms with Gasteiger partial charge in [-0.05, 0) is 58.2 Å². The van der Waals surface area contributed by atoms with Gasteiger partial charge < -0.3 is 9.80 Å². The molecule has 7 rings (SSSR count). The molecule has 1 aliphatic heterocycles. The third kappa shape index (κ3) is 5.49. The summed E-state index contributed by atoms with van der Waals surface area (Å²) in [6.07, 6.45) is 4.44. The van der Waals surface area contributed by atoms with Crippen LogP contribution in [0.5, 0.6) is 0 Å². The highest BCUT2D eigenvalue weighted by atomic mass is 15.2. The minimum atomic E-state index is 0.884. The number of anilines is 2. The number of rotatable bonds is 6. The molecule has 6 aromatic rings. The van der Waals surface area contributed by atoms with Crippen molar-refractivity contribution in [3.63, 3.8) is 0 Å². The number of allylic oxidation sites excluding steroid dienone is 1. The van der Waals surface area contributed by atoms with Crippen molar-refractivity contribution in [2.45, 2.75) is 0 Å². The van der Waals surface area contributed by atoms with Crippen molar-refractivity contribution in [2.75, 3.05) is 9.80 Å². The first-order valence-electron chi connectivity index (χ1n) is 14.9. The van der Waals surface area contributed by atoms with Gasteiger partial charge in [-0.1, -0.05) is 152 Å². The highest BCUT2D eigenvalue weighted by Crippen LogP contribution is 2.39. The fraction of sp³-hybridized carbons (Fsp3) is 0. The van der Waals surface area contributed by atoms with Crippen LogP contribution in [0, 0.1) is 0 Å². The summed E-state index contributed by atoms with van der Waals surface area (Å²) in [6, 6.07) is 59.6. The molecule has 0 saturated heterocycles. The Balaban J connectivity index is 1.38. The molecule has 0 spiro atoms. The van der Waals surface area contributed by atoms with E-state index >= 15 is 0 Å². The molecule has 1 heterocycles. The van der Waals surface area contributed by atoms with Gasteiger partial charge in [0.1, 0.15) is 0 Å². The first-order valence-corrected chi connectivity index (χ1v) is 14.9. The molecule has 0 fully saturated rings. The number of para-hydroxylation sites is 2. The zero-order valence-corrected chi connectivity index (χ0v) is 24.4. The second kappa shape index (κ2) is 12.2. The summed E-state index contributed by atoms with van der Waals surface area (Å²) in [5.41, 5.74) is 12.1. The minimum absolute atomic E-state index is 0.884. The molecule has 44 heavy (non-hydrogen) atoms. The summed E-state index contributed by atoms with van der Waals surface area (Å²) in [5, 5.41) is 0. The van der Waals surface area contributed by atoms with Crippen LogP contribution in [0.15, 0.2) is 194 Å². The van der Waals surface area contributed by atoms with Gasteiger partial charge in [0.25, 0.3) is 0 Å². The van der Waals surface area contributed by atoms with Crippen LogP contribution in [0.4, 0.5) is 11.4 Å². The normalized spacial score (nSPS) is 13.2. The molecule has 210 valence electrons. The van der Waals surface area contributed by atoms with Crippen molar-refractivity contribution in [3.05, 3.63) is 206 Å². The quantitative estimate of drug-likeness (QED) is 0.199. The van der Waals surface area contributed by atoms with Crippen molar-refractivity contribution >= 4 is 22.8 Å². The van der Waals surface area contributed by atoms with E-state index in [4.69, 9.17) is 0 Å². The van der Waals surface area contributed by atoms with Crippen LogP contribution < -0.4 is 9.80 Å². The van der Waals surface area contributed by atoms with E-state index in [9.17, 15) is 0 Å². The van der Waals surface area contributed by atoms with Gasteiger partial charge >= 0.3 is 0 Å². The number of hydrogen-bond donors (Lipinski definition) is 0. The zero-order chi connectivity index (χ0) is 29.7. The van der Waals surface area contributed by atoms with E-state index in [1.807, 2.05) is 6.07 Å². The van der Waals surface area contributed by atoms with Crippen LogP contribution in [0.1, 0.15) is 11.1 Å².